The van der Waals surface area contributed by atoms with Crippen LogP contribution < -0.4 is 0 Å². The van der Waals surface area contributed by atoms with Crippen LogP contribution in [0, 0.1) is 0 Å². The number of benzene rings is 2. The van der Waals surface area contributed by atoms with E-state index in [0.29, 0.717) is 36.7 Å². The predicted molar refractivity (Wildman–Crippen MR) is 119 cm³/mol. The molecule has 1 saturated heterocycles. The van der Waals surface area contributed by atoms with Gasteiger partial charge in [0, 0.05) is 29.9 Å². The molecule has 1 heterocycles. The highest BCUT2D eigenvalue weighted by Gasteiger charge is 2.30. The summed E-state index contributed by atoms with van der Waals surface area (Å²) in [5.74, 6) is -0.469. The summed E-state index contributed by atoms with van der Waals surface area (Å²) in [4.78, 5) is 26.7. The number of hydrogen-bond acceptors (Lipinski definition) is 5. The molecule has 0 radical (unpaired) electrons. The number of hydrogen-bond donors (Lipinski definition) is 0. The lowest BCUT2D eigenvalue weighted by Gasteiger charge is -2.16. The summed E-state index contributed by atoms with van der Waals surface area (Å²) < 4.78 is 28.6. The Bertz CT molecular complexity index is 1110. The fourth-order valence-corrected chi connectivity index (χ4v) is 4.31. The first-order chi connectivity index (χ1) is 14.7. The zero-order chi connectivity index (χ0) is 22.6. The summed E-state index contributed by atoms with van der Waals surface area (Å²) in [7, 11) is -3.33. The van der Waals surface area contributed by atoms with Gasteiger partial charge < -0.3 is 9.64 Å². The molecule has 0 spiro atoms. The number of sulfone groups is 1. The molecule has 0 aromatic heterocycles. The minimum atomic E-state index is -3.33. The van der Waals surface area contributed by atoms with Crippen LogP contribution in [0.5, 0.6) is 0 Å². The van der Waals surface area contributed by atoms with E-state index in [4.69, 9.17) is 16.3 Å². The summed E-state index contributed by atoms with van der Waals surface area (Å²) in [6, 6.07) is 13.7. The van der Waals surface area contributed by atoms with E-state index in [2.05, 4.69) is 0 Å². The maximum absolute atomic E-state index is 13.2. The number of rotatable bonds is 7. The summed E-state index contributed by atoms with van der Waals surface area (Å²) in [5, 5.41) is 0.578. The van der Waals surface area contributed by atoms with Crippen molar-refractivity contribution in [3.63, 3.8) is 0 Å². The van der Waals surface area contributed by atoms with Crippen molar-refractivity contribution in [3.05, 3.63) is 70.3 Å². The quantitative estimate of drug-likeness (QED) is 0.463. The lowest BCUT2D eigenvalue weighted by molar-refractivity contribution is -0.143. The van der Waals surface area contributed by atoms with Crippen LogP contribution >= 0.6 is 11.6 Å². The molecule has 0 aliphatic carbocycles. The molecule has 1 aliphatic rings. The van der Waals surface area contributed by atoms with E-state index in [9.17, 15) is 18.0 Å². The van der Waals surface area contributed by atoms with Crippen molar-refractivity contribution < 1.29 is 22.7 Å². The van der Waals surface area contributed by atoms with Crippen LogP contribution in [0.2, 0.25) is 5.02 Å². The summed E-state index contributed by atoms with van der Waals surface area (Å²) in [5.41, 5.74) is 2.91. The van der Waals surface area contributed by atoms with E-state index in [0.717, 1.165) is 23.0 Å². The van der Waals surface area contributed by atoms with Crippen molar-refractivity contribution in [3.8, 4) is 0 Å². The summed E-state index contributed by atoms with van der Waals surface area (Å²) in [6.07, 6.45) is 1.82. The number of halogens is 1. The second-order valence-electron chi connectivity index (χ2n) is 7.25. The number of carbonyl (C=O) groups is 2. The number of ether oxygens (including phenoxy) is 1. The van der Waals surface area contributed by atoms with Gasteiger partial charge in [0.05, 0.1) is 17.9 Å². The van der Waals surface area contributed by atoms with Crippen LogP contribution in [0.15, 0.2) is 59.0 Å². The normalized spacial score (nSPS) is 15.8. The van der Waals surface area contributed by atoms with Gasteiger partial charge in [-0.1, -0.05) is 35.9 Å². The standard InChI is InChI=1S/C23H24ClNO5S/c1-3-30-21(26)13-15-25-14-12-20(23(25)27)22(16-4-8-18(24)9-5-16)17-6-10-19(11-7-17)31(2,28)29/h4-11H,3,12-15H2,1-2H3. The average Bonchev–Trinajstić information content (AvgIpc) is 3.08. The Balaban J connectivity index is 1.98. The van der Waals surface area contributed by atoms with E-state index in [1.165, 1.54) is 0 Å². The second-order valence-corrected chi connectivity index (χ2v) is 9.71. The molecular weight excluding hydrogens is 438 g/mol. The minimum Gasteiger partial charge on any atom is -0.466 e. The molecular formula is C23H24ClNO5S. The number of nitrogens with zero attached hydrogens (tertiary/aromatic N) is 1. The maximum atomic E-state index is 13.2. The first kappa shape index (κ1) is 23.0. The number of amides is 1. The Morgan fingerprint density at radius 2 is 1.65 bits per heavy atom. The van der Waals surface area contributed by atoms with Crippen LogP contribution in [-0.2, 0) is 24.2 Å². The molecule has 0 saturated carbocycles. The highest BCUT2D eigenvalue weighted by Crippen LogP contribution is 2.33. The molecule has 1 amide bonds. The van der Waals surface area contributed by atoms with Crippen LogP contribution in [0.1, 0.15) is 30.9 Å². The zero-order valence-corrected chi connectivity index (χ0v) is 19.0. The number of esters is 1. The van der Waals surface area contributed by atoms with E-state index in [1.807, 2.05) is 12.1 Å². The van der Waals surface area contributed by atoms with Crippen molar-refractivity contribution in [1.29, 1.82) is 0 Å². The Kier molecular flexibility index (Phi) is 7.18. The highest BCUT2D eigenvalue weighted by atomic mass is 35.5. The third-order valence-corrected chi connectivity index (χ3v) is 6.45. The maximum Gasteiger partial charge on any atom is 0.307 e. The van der Waals surface area contributed by atoms with Crippen LogP contribution in [0.4, 0.5) is 0 Å². The molecule has 1 aliphatic heterocycles. The van der Waals surface area contributed by atoms with E-state index >= 15 is 0 Å². The monoisotopic (exact) mass is 461 g/mol. The van der Waals surface area contributed by atoms with Gasteiger partial charge in [-0.2, -0.15) is 0 Å². The fourth-order valence-electron chi connectivity index (χ4n) is 3.55. The molecule has 1 fully saturated rings. The third-order valence-electron chi connectivity index (χ3n) is 5.07. The molecule has 0 unspecified atom stereocenters. The Labute approximate surface area is 187 Å². The van der Waals surface area contributed by atoms with Crippen LogP contribution in [0.25, 0.3) is 5.57 Å². The zero-order valence-electron chi connectivity index (χ0n) is 17.4. The van der Waals surface area contributed by atoms with Gasteiger partial charge in [-0.15, -0.1) is 0 Å². The first-order valence-corrected chi connectivity index (χ1v) is 12.2. The Hall–Kier alpha value is -2.64. The van der Waals surface area contributed by atoms with Crippen molar-refractivity contribution in [2.45, 2.75) is 24.7 Å². The molecule has 2 aromatic carbocycles. The molecule has 0 N–H and O–H groups in total. The minimum absolute atomic E-state index is 0.138. The molecule has 2 aromatic rings. The van der Waals surface area contributed by atoms with Crippen molar-refractivity contribution >= 4 is 38.9 Å². The van der Waals surface area contributed by atoms with Gasteiger partial charge >= 0.3 is 5.97 Å². The summed E-state index contributed by atoms with van der Waals surface area (Å²) in [6.45, 7) is 2.85. The van der Waals surface area contributed by atoms with Crippen molar-refractivity contribution in [2.75, 3.05) is 26.0 Å². The van der Waals surface area contributed by atoms with Gasteiger partial charge in [-0.05, 0) is 54.3 Å². The predicted octanol–water partition coefficient (Wildman–Crippen LogP) is 3.73. The van der Waals surface area contributed by atoms with Crippen molar-refractivity contribution in [1.82, 2.24) is 4.90 Å². The highest BCUT2D eigenvalue weighted by molar-refractivity contribution is 7.90. The lowest BCUT2D eigenvalue weighted by atomic mass is 9.92. The van der Waals surface area contributed by atoms with Gasteiger partial charge in [-0.25, -0.2) is 8.42 Å². The molecule has 3 rings (SSSR count). The van der Waals surface area contributed by atoms with Gasteiger partial charge in [0.2, 0.25) is 0 Å². The molecule has 8 heteroatoms. The van der Waals surface area contributed by atoms with Gasteiger partial charge in [0.25, 0.3) is 5.91 Å². The topological polar surface area (TPSA) is 80.8 Å². The molecule has 164 valence electrons. The van der Waals surface area contributed by atoms with Gasteiger partial charge in [0.1, 0.15) is 0 Å². The largest absolute Gasteiger partial charge is 0.466 e. The average molecular weight is 462 g/mol. The Morgan fingerprint density at radius 3 is 2.19 bits per heavy atom. The number of carbonyl (C=O) groups excluding carboxylic acids is 2. The molecule has 6 nitrogen and oxygen atoms in total. The van der Waals surface area contributed by atoms with Crippen LogP contribution in [0.3, 0.4) is 0 Å². The first-order valence-electron chi connectivity index (χ1n) is 9.95. The third kappa shape index (κ3) is 5.54. The van der Waals surface area contributed by atoms with E-state index < -0.39 is 9.84 Å². The van der Waals surface area contributed by atoms with E-state index in [1.54, 1.807) is 48.2 Å². The lowest BCUT2D eigenvalue weighted by Crippen LogP contribution is -2.28. The Morgan fingerprint density at radius 1 is 1.06 bits per heavy atom. The SMILES string of the molecule is CCOC(=O)CCN1CCC(=C(c2ccc(Cl)cc2)c2ccc(S(C)(=O)=O)cc2)C1=O. The smallest absolute Gasteiger partial charge is 0.307 e. The van der Waals surface area contributed by atoms with Gasteiger partial charge in [-0.3, -0.25) is 9.59 Å². The molecule has 0 atom stereocenters. The van der Waals surface area contributed by atoms with E-state index in [-0.39, 0.29) is 23.2 Å². The van der Waals surface area contributed by atoms with Crippen molar-refractivity contribution in [2.24, 2.45) is 0 Å². The number of likely N-dealkylation sites (tertiary alicyclic amines) is 1. The molecule has 0 bridgehead atoms. The summed E-state index contributed by atoms with van der Waals surface area (Å²) >= 11 is 6.04. The molecule has 31 heavy (non-hydrogen) atoms. The van der Waals surface area contributed by atoms with Crippen LogP contribution in [-0.4, -0.2) is 51.1 Å². The fraction of sp³-hybridized carbons (Fsp3) is 0.304. The second kappa shape index (κ2) is 9.66. The van der Waals surface area contributed by atoms with Gasteiger partial charge in [0.15, 0.2) is 9.84 Å².